The summed E-state index contributed by atoms with van der Waals surface area (Å²) in [6.45, 7) is 0.972. The highest BCUT2D eigenvalue weighted by Crippen LogP contribution is 2.39. The number of amides is 1. The van der Waals surface area contributed by atoms with Crippen LogP contribution in [-0.4, -0.2) is 19.1 Å². The van der Waals surface area contributed by atoms with Crippen LogP contribution in [0.1, 0.15) is 15.9 Å². The fourth-order valence-corrected chi connectivity index (χ4v) is 4.31. The third-order valence-corrected chi connectivity index (χ3v) is 6.05. The van der Waals surface area contributed by atoms with Gasteiger partial charge in [0.2, 0.25) is 0 Å². The predicted molar refractivity (Wildman–Crippen MR) is 115 cm³/mol. The predicted octanol–water partition coefficient (Wildman–Crippen LogP) is 5.50. The van der Waals surface area contributed by atoms with Crippen LogP contribution in [0.15, 0.2) is 74.9 Å². The number of ether oxygens (including phenoxy) is 2. The molecule has 144 valence electrons. The summed E-state index contributed by atoms with van der Waals surface area (Å²) < 4.78 is 11.9. The van der Waals surface area contributed by atoms with E-state index in [1.165, 1.54) is 11.8 Å². The van der Waals surface area contributed by atoms with E-state index >= 15 is 0 Å². The summed E-state index contributed by atoms with van der Waals surface area (Å²) in [5.41, 5.74) is 1.69. The van der Waals surface area contributed by atoms with Crippen molar-refractivity contribution in [2.24, 2.45) is 0 Å². The number of hydrogen-bond donors (Lipinski definition) is 1. The number of nitrogens with zero attached hydrogens (tertiary/aromatic N) is 1. The Morgan fingerprint density at radius 1 is 1.00 bits per heavy atom. The molecule has 4 rings (SSSR count). The summed E-state index contributed by atoms with van der Waals surface area (Å²) >= 11 is 4.87. The summed E-state index contributed by atoms with van der Waals surface area (Å²) in [6, 6.07) is 20.4. The molecule has 0 fully saturated rings. The Kier molecular flexibility index (Phi) is 5.74. The van der Waals surface area contributed by atoms with Gasteiger partial charge in [-0.1, -0.05) is 36.0 Å². The lowest BCUT2D eigenvalue weighted by Crippen LogP contribution is -2.17. The van der Waals surface area contributed by atoms with E-state index in [4.69, 9.17) is 9.47 Å². The first-order chi connectivity index (χ1) is 14.2. The highest BCUT2D eigenvalue weighted by Gasteiger charge is 2.18. The minimum atomic E-state index is -0.250. The van der Waals surface area contributed by atoms with Crippen molar-refractivity contribution in [2.75, 3.05) is 18.5 Å². The van der Waals surface area contributed by atoms with Gasteiger partial charge in [0.25, 0.3) is 5.91 Å². The monoisotopic (exact) mass is 466 g/mol. The standard InChI is InChI=1S/C22H15BrN2O3S/c23-16-11-18-19(28-10-9-27-18)12-17(16)25-22(26)15-6-2-4-8-21(15)29-20-7-3-1-5-14(20)13-24/h1-8,11-12H,9-10H2,(H,25,26). The van der Waals surface area contributed by atoms with E-state index < -0.39 is 0 Å². The van der Waals surface area contributed by atoms with Crippen molar-refractivity contribution in [3.8, 4) is 17.6 Å². The average molecular weight is 467 g/mol. The molecule has 3 aromatic rings. The quantitative estimate of drug-likeness (QED) is 0.549. The largest absolute Gasteiger partial charge is 0.486 e. The molecule has 1 aliphatic rings. The van der Waals surface area contributed by atoms with E-state index in [9.17, 15) is 10.1 Å². The smallest absolute Gasteiger partial charge is 0.256 e. The molecule has 7 heteroatoms. The number of fused-ring (bicyclic) bond motifs is 1. The number of halogens is 1. The number of nitriles is 1. The Bertz CT molecular complexity index is 1130. The molecule has 5 nitrogen and oxygen atoms in total. The van der Waals surface area contributed by atoms with Crippen LogP contribution < -0.4 is 14.8 Å². The summed E-state index contributed by atoms with van der Waals surface area (Å²) in [7, 11) is 0. The van der Waals surface area contributed by atoms with Crippen LogP contribution in [-0.2, 0) is 0 Å². The molecule has 0 spiro atoms. The maximum atomic E-state index is 13.0. The average Bonchev–Trinajstić information content (AvgIpc) is 2.75. The number of benzene rings is 3. The lowest BCUT2D eigenvalue weighted by molar-refractivity contribution is 0.102. The topological polar surface area (TPSA) is 71.4 Å². The Morgan fingerprint density at radius 2 is 1.66 bits per heavy atom. The van der Waals surface area contributed by atoms with Gasteiger partial charge in [-0.25, -0.2) is 0 Å². The van der Waals surface area contributed by atoms with Gasteiger partial charge in [-0.2, -0.15) is 5.26 Å². The van der Waals surface area contributed by atoms with Crippen LogP contribution in [0.25, 0.3) is 0 Å². The number of carbonyl (C=O) groups is 1. The van der Waals surface area contributed by atoms with Gasteiger partial charge in [0.15, 0.2) is 11.5 Å². The van der Waals surface area contributed by atoms with Gasteiger partial charge in [0.1, 0.15) is 19.3 Å². The molecule has 3 aromatic carbocycles. The zero-order chi connectivity index (χ0) is 20.2. The van der Waals surface area contributed by atoms with Crippen LogP contribution in [0.2, 0.25) is 0 Å². The van der Waals surface area contributed by atoms with Crippen LogP contribution in [0, 0.1) is 11.3 Å². The first-order valence-electron chi connectivity index (χ1n) is 8.82. The molecular weight excluding hydrogens is 452 g/mol. The van der Waals surface area contributed by atoms with Gasteiger partial charge < -0.3 is 14.8 Å². The van der Waals surface area contributed by atoms with Crippen molar-refractivity contribution in [3.05, 3.63) is 76.3 Å². The number of rotatable bonds is 4. The normalized spacial score (nSPS) is 12.1. The SMILES string of the molecule is N#Cc1ccccc1Sc1ccccc1C(=O)Nc1cc2c(cc1Br)OCCO2. The van der Waals surface area contributed by atoms with Crippen molar-refractivity contribution < 1.29 is 14.3 Å². The molecule has 0 saturated heterocycles. The maximum absolute atomic E-state index is 13.0. The van der Waals surface area contributed by atoms with Crippen LogP contribution >= 0.6 is 27.7 Å². The van der Waals surface area contributed by atoms with E-state index in [-0.39, 0.29) is 5.91 Å². The Balaban J connectivity index is 1.61. The molecule has 1 amide bonds. The maximum Gasteiger partial charge on any atom is 0.256 e. The van der Waals surface area contributed by atoms with Gasteiger partial charge in [0, 0.05) is 26.4 Å². The van der Waals surface area contributed by atoms with E-state index in [0.717, 1.165) is 9.79 Å². The Hall–Kier alpha value is -2.95. The lowest BCUT2D eigenvalue weighted by atomic mass is 10.2. The molecular formula is C22H15BrN2O3S. The van der Waals surface area contributed by atoms with Gasteiger partial charge in [-0.15, -0.1) is 0 Å². The minimum absolute atomic E-state index is 0.250. The summed E-state index contributed by atoms with van der Waals surface area (Å²) in [4.78, 5) is 14.6. The molecule has 1 aliphatic heterocycles. The number of anilines is 1. The summed E-state index contributed by atoms with van der Waals surface area (Å²) in [5.74, 6) is 0.991. The van der Waals surface area contributed by atoms with Crippen LogP contribution in [0.3, 0.4) is 0 Å². The van der Waals surface area contributed by atoms with E-state index in [0.29, 0.717) is 46.0 Å². The van der Waals surface area contributed by atoms with E-state index in [1.807, 2.05) is 36.4 Å². The third kappa shape index (κ3) is 4.24. The highest BCUT2D eigenvalue weighted by molar-refractivity contribution is 9.10. The van der Waals surface area contributed by atoms with Crippen molar-refractivity contribution in [3.63, 3.8) is 0 Å². The molecule has 29 heavy (non-hydrogen) atoms. The molecule has 0 radical (unpaired) electrons. The van der Waals surface area contributed by atoms with Crippen molar-refractivity contribution in [1.29, 1.82) is 5.26 Å². The highest BCUT2D eigenvalue weighted by atomic mass is 79.9. The molecule has 0 bridgehead atoms. The van der Waals surface area contributed by atoms with Crippen molar-refractivity contribution >= 4 is 39.3 Å². The zero-order valence-corrected chi connectivity index (χ0v) is 17.5. The Labute approximate surface area is 180 Å². The lowest BCUT2D eigenvalue weighted by Gasteiger charge is -2.20. The molecule has 1 N–H and O–H groups in total. The van der Waals surface area contributed by atoms with E-state index in [2.05, 4.69) is 27.3 Å². The molecule has 0 unspecified atom stereocenters. The summed E-state index contributed by atoms with van der Waals surface area (Å²) in [6.07, 6.45) is 0. The fourth-order valence-electron chi connectivity index (χ4n) is 2.86. The number of hydrogen-bond acceptors (Lipinski definition) is 5. The first-order valence-corrected chi connectivity index (χ1v) is 10.4. The minimum Gasteiger partial charge on any atom is -0.486 e. The van der Waals surface area contributed by atoms with Crippen molar-refractivity contribution in [1.82, 2.24) is 0 Å². The van der Waals surface area contributed by atoms with Gasteiger partial charge in [-0.05, 0) is 40.2 Å². The molecule has 1 heterocycles. The van der Waals surface area contributed by atoms with Crippen LogP contribution in [0.5, 0.6) is 11.5 Å². The third-order valence-electron chi connectivity index (χ3n) is 4.24. The molecule has 0 aromatic heterocycles. The number of carbonyl (C=O) groups excluding carboxylic acids is 1. The second-order valence-corrected chi connectivity index (χ2v) is 8.07. The van der Waals surface area contributed by atoms with Gasteiger partial charge in [-0.3, -0.25) is 4.79 Å². The Morgan fingerprint density at radius 3 is 2.41 bits per heavy atom. The van der Waals surface area contributed by atoms with Gasteiger partial charge in [0.05, 0.1) is 16.8 Å². The second kappa shape index (κ2) is 8.60. The van der Waals surface area contributed by atoms with E-state index in [1.54, 1.807) is 24.3 Å². The van der Waals surface area contributed by atoms with Gasteiger partial charge >= 0.3 is 0 Å². The van der Waals surface area contributed by atoms with Crippen molar-refractivity contribution in [2.45, 2.75) is 9.79 Å². The second-order valence-electron chi connectivity index (χ2n) is 6.14. The number of nitrogens with one attached hydrogen (secondary N) is 1. The molecule has 0 aliphatic carbocycles. The first kappa shape index (κ1) is 19.4. The molecule has 0 atom stereocenters. The molecule has 0 saturated carbocycles. The summed E-state index contributed by atoms with van der Waals surface area (Å²) in [5, 5.41) is 12.3. The zero-order valence-electron chi connectivity index (χ0n) is 15.1. The fraction of sp³-hybridized carbons (Fsp3) is 0.0909. The van der Waals surface area contributed by atoms with Crippen LogP contribution in [0.4, 0.5) is 5.69 Å².